The molecule has 9 heteroatoms. The van der Waals surface area contributed by atoms with E-state index in [1.807, 2.05) is 36.2 Å². The van der Waals surface area contributed by atoms with Crippen LogP contribution in [0.15, 0.2) is 46.1 Å². The average molecular weight is 572 g/mol. The van der Waals surface area contributed by atoms with E-state index >= 15 is 0 Å². The normalized spacial score (nSPS) is 19.4. The van der Waals surface area contributed by atoms with E-state index < -0.39 is 6.10 Å². The van der Waals surface area contributed by atoms with Gasteiger partial charge in [0.15, 0.2) is 0 Å². The molecular weight excluding hydrogens is 530 g/mol. The molecule has 0 unspecified atom stereocenters. The van der Waals surface area contributed by atoms with Crippen molar-refractivity contribution < 1.29 is 19.7 Å². The van der Waals surface area contributed by atoms with Crippen molar-refractivity contribution in [2.24, 2.45) is 5.41 Å². The minimum Gasteiger partial charge on any atom is -0.497 e. The van der Waals surface area contributed by atoms with E-state index in [1.165, 1.54) is 4.21 Å². The highest BCUT2D eigenvalue weighted by Crippen LogP contribution is 2.40. The van der Waals surface area contributed by atoms with E-state index in [9.17, 15) is 10.2 Å². The molecule has 5 rings (SSSR count). The molecular formula is C30H41N3O4S2. The fraction of sp³-hybridized carbons (Fsp3) is 0.567. The van der Waals surface area contributed by atoms with Gasteiger partial charge in [-0.2, -0.15) is 0 Å². The van der Waals surface area contributed by atoms with E-state index in [1.54, 1.807) is 18.4 Å². The number of rotatable bonds is 12. The molecule has 0 saturated carbocycles. The van der Waals surface area contributed by atoms with Crippen LogP contribution in [0, 0.1) is 5.41 Å². The molecule has 0 bridgehead atoms. The predicted octanol–water partition coefficient (Wildman–Crippen LogP) is 4.82. The minimum atomic E-state index is -0.637. The molecule has 1 atom stereocenters. The molecule has 0 aliphatic carbocycles. The van der Waals surface area contributed by atoms with Crippen molar-refractivity contribution in [2.45, 2.75) is 42.5 Å². The van der Waals surface area contributed by atoms with Crippen molar-refractivity contribution >= 4 is 34.0 Å². The van der Waals surface area contributed by atoms with Gasteiger partial charge in [0, 0.05) is 50.1 Å². The van der Waals surface area contributed by atoms with Crippen LogP contribution >= 0.6 is 23.1 Å². The Balaban J connectivity index is 1.25. The lowest BCUT2D eigenvalue weighted by Crippen LogP contribution is -2.43. The number of morpholine rings is 1. The number of aliphatic hydroxyl groups excluding tert-OH is 2. The minimum absolute atomic E-state index is 0.136. The maximum atomic E-state index is 11.7. The van der Waals surface area contributed by atoms with Gasteiger partial charge in [-0.05, 0) is 85.0 Å². The van der Waals surface area contributed by atoms with Gasteiger partial charge in [-0.3, -0.25) is 9.88 Å². The Kier molecular flexibility index (Phi) is 10.2. The molecule has 3 aromatic rings. The predicted molar refractivity (Wildman–Crippen MR) is 159 cm³/mol. The smallest absolute Gasteiger partial charge is 0.119 e. The molecule has 2 saturated heterocycles. The SMILES string of the molecule is COc1ccc2ncc(CN3CCOCC3)c([C@H](O)CCC3(CO)CCN(CCSc4cccs4)CC3)c2c1. The summed E-state index contributed by atoms with van der Waals surface area (Å²) in [5.41, 5.74) is 2.73. The van der Waals surface area contributed by atoms with Crippen LogP contribution in [0.2, 0.25) is 0 Å². The lowest BCUT2D eigenvalue weighted by Gasteiger charge is -2.41. The number of benzene rings is 1. The van der Waals surface area contributed by atoms with E-state index in [-0.39, 0.29) is 12.0 Å². The number of aliphatic hydroxyl groups is 2. The van der Waals surface area contributed by atoms with Gasteiger partial charge in [0.2, 0.25) is 0 Å². The summed E-state index contributed by atoms with van der Waals surface area (Å²) < 4.78 is 12.4. The average Bonchev–Trinajstić information content (AvgIpc) is 3.50. The first-order chi connectivity index (χ1) is 19.1. The molecule has 7 nitrogen and oxygen atoms in total. The van der Waals surface area contributed by atoms with Crippen LogP contribution in [-0.4, -0.2) is 90.4 Å². The maximum Gasteiger partial charge on any atom is 0.119 e. The molecule has 0 spiro atoms. The zero-order chi connectivity index (χ0) is 27.1. The highest BCUT2D eigenvalue weighted by atomic mass is 32.2. The topological polar surface area (TPSA) is 78.3 Å². The largest absolute Gasteiger partial charge is 0.497 e. The lowest BCUT2D eigenvalue weighted by molar-refractivity contribution is 0.0245. The summed E-state index contributed by atoms with van der Waals surface area (Å²) >= 11 is 3.73. The highest BCUT2D eigenvalue weighted by Gasteiger charge is 2.35. The molecule has 2 aliphatic rings. The Hall–Kier alpha value is -1.72. The number of pyridine rings is 1. The van der Waals surface area contributed by atoms with Gasteiger partial charge in [0.25, 0.3) is 0 Å². The number of methoxy groups -OCH3 is 1. The van der Waals surface area contributed by atoms with Gasteiger partial charge in [0.1, 0.15) is 5.75 Å². The summed E-state index contributed by atoms with van der Waals surface area (Å²) in [4.78, 5) is 9.61. The first-order valence-corrected chi connectivity index (χ1v) is 15.9. The summed E-state index contributed by atoms with van der Waals surface area (Å²) in [6.45, 7) is 7.19. The third-order valence-corrected chi connectivity index (χ3v) is 10.5. The molecule has 2 fully saturated rings. The van der Waals surface area contributed by atoms with E-state index in [4.69, 9.17) is 14.5 Å². The summed E-state index contributed by atoms with van der Waals surface area (Å²) in [5.74, 6) is 1.85. The van der Waals surface area contributed by atoms with Gasteiger partial charge < -0.3 is 24.6 Å². The van der Waals surface area contributed by atoms with Crippen molar-refractivity contribution in [1.29, 1.82) is 0 Å². The lowest BCUT2D eigenvalue weighted by atomic mass is 9.74. The number of ether oxygens (including phenoxy) is 2. The molecule has 2 aliphatic heterocycles. The van der Waals surface area contributed by atoms with Crippen LogP contribution in [0.4, 0.5) is 0 Å². The van der Waals surface area contributed by atoms with E-state index in [0.29, 0.717) is 6.42 Å². The standard InChI is InChI=1S/C30H41N3O4S2/c1-36-24-4-5-26-25(19-24)29(23(20-31-26)21-33-12-15-37-16-13-33)27(35)6-7-30(22-34)8-10-32(11-9-30)14-18-39-28-3-2-17-38-28/h2-5,17,19-20,27,34-35H,6-16,18,21-22H2,1H3/t27-/m1/s1. The molecule has 212 valence electrons. The quantitative estimate of drug-likeness (QED) is 0.300. The molecule has 0 radical (unpaired) electrons. The Morgan fingerprint density at radius 2 is 1.97 bits per heavy atom. The van der Waals surface area contributed by atoms with Crippen LogP contribution in [0.3, 0.4) is 0 Å². The number of aromatic nitrogens is 1. The van der Waals surface area contributed by atoms with Crippen molar-refractivity contribution in [3.8, 4) is 5.75 Å². The zero-order valence-corrected chi connectivity index (χ0v) is 24.5. The fourth-order valence-electron chi connectivity index (χ4n) is 5.83. The monoisotopic (exact) mass is 571 g/mol. The summed E-state index contributed by atoms with van der Waals surface area (Å²) in [7, 11) is 1.67. The number of hydrogen-bond acceptors (Lipinski definition) is 9. The fourth-order valence-corrected chi connectivity index (χ4v) is 7.69. The van der Waals surface area contributed by atoms with Gasteiger partial charge in [-0.1, -0.05) is 6.07 Å². The van der Waals surface area contributed by atoms with Gasteiger partial charge >= 0.3 is 0 Å². The molecule has 1 aromatic carbocycles. The number of piperidine rings is 1. The van der Waals surface area contributed by atoms with Crippen LogP contribution in [0.5, 0.6) is 5.75 Å². The van der Waals surface area contributed by atoms with Crippen molar-refractivity contribution in [1.82, 2.24) is 14.8 Å². The van der Waals surface area contributed by atoms with Crippen molar-refractivity contribution in [2.75, 3.05) is 65.4 Å². The van der Waals surface area contributed by atoms with Gasteiger partial charge in [-0.15, -0.1) is 23.1 Å². The van der Waals surface area contributed by atoms with E-state index in [2.05, 4.69) is 27.3 Å². The molecule has 4 heterocycles. The van der Waals surface area contributed by atoms with Gasteiger partial charge in [0.05, 0.1) is 36.2 Å². The number of thioether (sulfide) groups is 1. The Bertz CT molecular complexity index is 1180. The third-order valence-electron chi connectivity index (χ3n) is 8.38. The van der Waals surface area contributed by atoms with Crippen LogP contribution < -0.4 is 4.74 Å². The first-order valence-electron chi connectivity index (χ1n) is 14.0. The Labute approximate surface area is 240 Å². The molecule has 0 amide bonds. The molecule has 2 aromatic heterocycles. The van der Waals surface area contributed by atoms with Crippen LogP contribution in [-0.2, 0) is 11.3 Å². The number of fused-ring (bicyclic) bond motifs is 1. The van der Waals surface area contributed by atoms with Crippen molar-refractivity contribution in [3.05, 3.63) is 53.0 Å². The van der Waals surface area contributed by atoms with Crippen LogP contribution in [0.1, 0.15) is 42.9 Å². The summed E-state index contributed by atoms with van der Waals surface area (Å²) in [6.07, 6.45) is 4.63. The van der Waals surface area contributed by atoms with Crippen LogP contribution in [0.25, 0.3) is 10.9 Å². The number of nitrogens with zero attached hydrogens (tertiary/aromatic N) is 3. The zero-order valence-electron chi connectivity index (χ0n) is 22.9. The number of likely N-dealkylation sites (tertiary alicyclic amines) is 1. The van der Waals surface area contributed by atoms with Crippen molar-refractivity contribution in [3.63, 3.8) is 0 Å². The third kappa shape index (κ3) is 7.33. The maximum absolute atomic E-state index is 11.7. The van der Waals surface area contributed by atoms with E-state index in [0.717, 1.165) is 105 Å². The summed E-state index contributed by atoms with van der Waals surface area (Å²) in [6, 6.07) is 10.2. The Morgan fingerprint density at radius 1 is 1.15 bits per heavy atom. The second kappa shape index (κ2) is 13.8. The molecule has 39 heavy (non-hydrogen) atoms. The first kappa shape index (κ1) is 28.8. The second-order valence-electron chi connectivity index (χ2n) is 10.8. The highest BCUT2D eigenvalue weighted by molar-refractivity contribution is 8.01. The van der Waals surface area contributed by atoms with Gasteiger partial charge in [-0.25, -0.2) is 0 Å². The molecule has 2 N–H and O–H groups in total. The number of thiophene rings is 1. The number of hydrogen-bond donors (Lipinski definition) is 2. The summed E-state index contributed by atoms with van der Waals surface area (Å²) in [5, 5.41) is 25.2. The second-order valence-corrected chi connectivity index (χ2v) is 13.1. The Morgan fingerprint density at radius 3 is 2.69 bits per heavy atom.